The third kappa shape index (κ3) is 3.09. The fourth-order valence-corrected chi connectivity index (χ4v) is 2.25. The standard InChI is InChI=1S/C17H24N2O/c1-12(17(2,3)4)10-13(20)11-16-18-14-8-6-7-9-15(14)19(16)5/h6-9,12H,10-11H2,1-5H3. The van der Waals surface area contributed by atoms with E-state index < -0.39 is 0 Å². The quantitative estimate of drug-likeness (QED) is 0.849. The van der Waals surface area contributed by atoms with Crippen LogP contribution in [0.5, 0.6) is 0 Å². The van der Waals surface area contributed by atoms with Gasteiger partial charge < -0.3 is 4.57 Å². The van der Waals surface area contributed by atoms with E-state index in [1.165, 1.54) is 0 Å². The zero-order valence-electron chi connectivity index (χ0n) is 13.1. The Morgan fingerprint density at radius 2 is 1.95 bits per heavy atom. The molecule has 1 atom stereocenters. The van der Waals surface area contributed by atoms with E-state index in [-0.39, 0.29) is 11.2 Å². The van der Waals surface area contributed by atoms with E-state index in [0.717, 1.165) is 16.9 Å². The van der Waals surface area contributed by atoms with Crippen LogP contribution in [-0.4, -0.2) is 15.3 Å². The van der Waals surface area contributed by atoms with Crippen molar-refractivity contribution in [1.29, 1.82) is 0 Å². The molecule has 108 valence electrons. The van der Waals surface area contributed by atoms with Crippen LogP contribution in [0.3, 0.4) is 0 Å². The molecule has 0 aliphatic rings. The lowest BCUT2D eigenvalue weighted by molar-refractivity contribution is -0.120. The summed E-state index contributed by atoms with van der Waals surface area (Å²) in [6, 6.07) is 8.00. The van der Waals surface area contributed by atoms with Crippen LogP contribution in [0.15, 0.2) is 24.3 Å². The number of hydrogen-bond donors (Lipinski definition) is 0. The summed E-state index contributed by atoms with van der Waals surface area (Å²) in [5.41, 5.74) is 2.21. The zero-order valence-corrected chi connectivity index (χ0v) is 13.1. The topological polar surface area (TPSA) is 34.9 Å². The molecule has 0 saturated heterocycles. The average molecular weight is 272 g/mol. The summed E-state index contributed by atoms with van der Waals surface area (Å²) in [6.07, 6.45) is 1.04. The highest BCUT2D eigenvalue weighted by molar-refractivity contribution is 5.82. The van der Waals surface area contributed by atoms with Crippen molar-refractivity contribution < 1.29 is 4.79 Å². The third-order valence-electron chi connectivity index (χ3n) is 4.25. The second-order valence-electron chi connectivity index (χ2n) is 6.76. The molecular weight excluding hydrogens is 248 g/mol. The summed E-state index contributed by atoms with van der Waals surface area (Å²) in [5.74, 6) is 1.51. The molecule has 0 saturated carbocycles. The number of nitrogens with zero attached hydrogens (tertiary/aromatic N) is 2. The van der Waals surface area contributed by atoms with Crippen molar-refractivity contribution >= 4 is 16.8 Å². The lowest BCUT2D eigenvalue weighted by Crippen LogP contribution is -2.21. The van der Waals surface area contributed by atoms with Crippen molar-refractivity contribution in [2.24, 2.45) is 18.4 Å². The predicted molar refractivity (Wildman–Crippen MR) is 82.7 cm³/mol. The number of Topliss-reactive ketones (excluding diaryl/α,β-unsaturated/α-hetero) is 1. The maximum Gasteiger partial charge on any atom is 0.140 e. The molecule has 20 heavy (non-hydrogen) atoms. The number of carbonyl (C=O) groups excluding carboxylic acids is 1. The Morgan fingerprint density at radius 3 is 2.55 bits per heavy atom. The summed E-state index contributed by atoms with van der Waals surface area (Å²) in [4.78, 5) is 16.8. The van der Waals surface area contributed by atoms with Crippen LogP contribution >= 0.6 is 0 Å². The summed E-state index contributed by atoms with van der Waals surface area (Å²) >= 11 is 0. The van der Waals surface area contributed by atoms with Gasteiger partial charge in [-0.05, 0) is 23.5 Å². The van der Waals surface area contributed by atoms with Gasteiger partial charge in [0.05, 0.1) is 17.5 Å². The number of aryl methyl sites for hydroxylation is 1. The monoisotopic (exact) mass is 272 g/mol. The molecule has 0 spiro atoms. The molecule has 1 aromatic heterocycles. The molecule has 0 bridgehead atoms. The Hall–Kier alpha value is -1.64. The van der Waals surface area contributed by atoms with Gasteiger partial charge in [0.15, 0.2) is 0 Å². The molecule has 2 rings (SSSR count). The zero-order chi connectivity index (χ0) is 14.9. The number of imidazole rings is 1. The van der Waals surface area contributed by atoms with E-state index in [1.54, 1.807) is 0 Å². The van der Waals surface area contributed by atoms with Gasteiger partial charge in [0.2, 0.25) is 0 Å². The Labute approximate surface area is 121 Å². The molecule has 1 aromatic carbocycles. The van der Waals surface area contributed by atoms with E-state index >= 15 is 0 Å². The van der Waals surface area contributed by atoms with E-state index in [1.807, 2.05) is 35.9 Å². The Kier molecular flexibility index (Phi) is 3.98. The average Bonchev–Trinajstić information content (AvgIpc) is 2.65. The molecule has 3 nitrogen and oxygen atoms in total. The van der Waals surface area contributed by atoms with Gasteiger partial charge in [-0.15, -0.1) is 0 Å². The third-order valence-corrected chi connectivity index (χ3v) is 4.25. The normalized spacial score (nSPS) is 13.7. The van der Waals surface area contributed by atoms with Gasteiger partial charge >= 0.3 is 0 Å². The second-order valence-corrected chi connectivity index (χ2v) is 6.76. The van der Waals surface area contributed by atoms with Crippen molar-refractivity contribution in [3.8, 4) is 0 Å². The molecule has 3 heteroatoms. The van der Waals surface area contributed by atoms with Gasteiger partial charge in [0.1, 0.15) is 11.6 Å². The number of hydrogen-bond acceptors (Lipinski definition) is 2. The molecule has 0 N–H and O–H groups in total. The smallest absolute Gasteiger partial charge is 0.140 e. The molecule has 1 unspecified atom stereocenters. The highest BCUT2D eigenvalue weighted by Gasteiger charge is 2.23. The number of ketones is 1. The van der Waals surface area contributed by atoms with Crippen molar-refractivity contribution in [3.63, 3.8) is 0 Å². The first-order valence-electron chi connectivity index (χ1n) is 7.21. The molecule has 0 amide bonds. The van der Waals surface area contributed by atoms with Gasteiger partial charge in [-0.1, -0.05) is 39.8 Å². The van der Waals surface area contributed by atoms with Crippen LogP contribution in [-0.2, 0) is 18.3 Å². The van der Waals surface area contributed by atoms with Gasteiger partial charge in [0, 0.05) is 13.5 Å². The van der Waals surface area contributed by atoms with Crippen LogP contribution in [0.2, 0.25) is 0 Å². The SMILES string of the molecule is CC(CC(=O)Cc1nc2ccccc2n1C)C(C)(C)C. The van der Waals surface area contributed by atoms with Gasteiger partial charge in [-0.25, -0.2) is 4.98 Å². The first-order valence-corrected chi connectivity index (χ1v) is 7.21. The molecule has 0 fully saturated rings. The minimum atomic E-state index is 0.169. The van der Waals surface area contributed by atoms with Crippen molar-refractivity contribution in [1.82, 2.24) is 9.55 Å². The van der Waals surface area contributed by atoms with Crippen molar-refractivity contribution in [3.05, 3.63) is 30.1 Å². The minimum Gasteiger partial charge on any atom is -0.331 e. The van der Waals surface area contributed by atoms with Gasteiger partial charge in [0.25, 0.3) is 0 Å². The molecule has 1 heterocycles. The van der Waals surface area contributed by atoms with E-state index in [9.17, 15) is 4.79 Å². The van der Waals surface area contributed by atoms with Crippen LogP contribution in [0.1, 0.15) is 39.9 Å². The van der Waals surface area contributed by atoms with E-state index in [4.69, 9.17) is 0 Å². The maximum atomic E-state index is 12.2. The number of aromatic nitrogens is 2. The number of carbonyl (C=O) groups is 1. The van der Waals surface area contributed by atoms with Crippen LogP contribution < -0.4 is 0 Å². The summed E-state index contributed by atoms with van der Waals surface area (Å²) in [6.45, 7) is 8.69. The van der Waals surface area contributed by atoms with Gasteiger partial charge in [-0.3, -0.25) is 4.79 Å². The minimum absolute atomic E-state index is 0.169. The Morgan fingerprint density at radius 1 is 1.30 bits per heavy atom. The number of benzene rings is 1. The van der Waals surface area contributed by atoms with Crippen LogP contribution in [0.4, 0.5) is 0 Å². The van der Waals surface area contributed by atoms with Gasteiger partial charge in [-0.2, -0.15) is 0 Å². The summed E-state index contributed by atoms with van der Waals surface area (Å²) < 4.78 is 2.02. The summed E-state index contributed by atoms with van der Waals surface area (Å²) in [5, 5.41) is 0. The van der Waals surface area contributed by atoms with Crippen molar-refractivity contribution in [2.75, 3.05) is 0 Å². The largest absolute Gasteiger partial charge is 0.331 e. The second kappa shape index (κ2) is 5.39. The molecular formula is C17H24N2O. The number of fused-ring (bicyclic) bond motifs is 1. The van der Waals surface area contributed by atoms with E-state index in [0.29, 0.717) is 18.8 Å². The first kappa shape index (κ1) is 14.8. The maximum absolute atomic E-state index is 12.2. The lowest BCUT2D eigenvalue weighted by atomic mass is 9.79. The summed E-state index contributed by atoms with van der Waals surface area (Å²) in [7, 11) is 1.98. The van der Waals surface area contributed by atoms with Crippen LogP contribution in [0.25, 0.3) is 11.0 Å². The molecule has 0 aliphatic carbocycles. The molecule has 0 aliphatic heterocycles. The van der Waals surface area contributed by atoms with Crippen molar-refractivity contribution in [2.45, 2.75) is 40.5 Å². The Bertz CT molecular complexity index is 619. The molecule has 2 aromatic rings. The fourth-order valence-electron chi connectivity index (χ4n) is 2.25. The van der Waals surface area contributed by atoms with E-state index in [2.05, 4.69) is 32.7 Å². The fraction of sp³-hybridized carbons (Fsp3) is 0.529. The highest BCUT2D eigenvalue weighted by atomic mass is 16.1. The lowest BCUT2D eigenvalue weighted by Gasteiger charge is -2.26. The molecule has 0 radical (unpaired) electrons. The Balaban J connectivity index is 2.12. The number of rotatable bonds is 4. The predicted octanol–water partition coefficient (Wildman–Crippen LogP) is 3.76. The van der Waals surface area contributed by atoms with Crippen LogP contribution in [0, 0.1) is 11.3 Å². The first-order chi connectivity index (χ1) is 9.29. The highest BCUT2D eigenvalue weighted by Crippen LogP contribution is 2.28. The number of para-hydroxylation sites is 2.